The van der Waals surface area contributed by atoms with Crippen molar-refractivity contribution in [2.24, 2.45) is 0 Å². The first-order chi connectivity index (χ1) is 6.21. The van der Waals surface area contributed by atoms with E-state index < -0.39 is 10.4 Å². The van der Waals surface area contributed by atoms with E-state index in [1.54, 1.807) is 0 Å². The van der Waals surface area contributed by atoms with Crippen LogP contribution in [0.5, 0.6) is 0 Å². The third-order valence-electron chi connectivity index (χ3n) is 1.46. The summed E-state index contributed by atoms with van der Waals surface area (Å²) in [5.41, 5.74) is 0.0733. The fraction of sp³-hybridized carbons (Fsp3) is 1.00. The van der Waals surface area contributed by atoms with E-state index in [9.17, 15) is 8.42 Å². The third kappa shape index (κ3) is 11.8. The van der Waals surface area contributed by atoms with Gasteiger partial charge in [-0.05, 0) is 40.2 Å². The van der Waals surface area contributed by atoms with Crippen LogP contribution in [0.1, 0.15) is 33.6 Å². The van der Waals surface area contributed by atoms with Gasteiger partial charge in [0.15, 0.2) is 0 Å². The number of hydrogen-bond acceptors (Lipinski definition) is 4. The Hall–Kier alpha value is -0.170. The van der Waals surface area contributed by atoms with Crippen LogP contribution in [0.2, 0.25) is 0 Å². The first-order valence-electron chi connectivity index (χ1n) is 4.57. The summed E-state index contributed by atoms with van der Waals surface area (Å²) in [6.07, 6.45) is 1.41. The molecule has 0 unspecified atom stereocenters. The van der Waals surface area contributed by atoms with Gasteiger partial charge in [-0.1, -0.05) is 0 Å². The zero-order valence-corrected chi connectivity index (χ0v) is 9.73. The van der Waals surface area contributed by atoms with E-state index in [0.29, 0.717) is 6.42 Å². The van der Waals surface area contributed by atoms with Crippen molar-refractivity contribution >= 4 is 10.4 Å². The van der Waals surface area contributed by atoms with Crippen LogP contribution in [0.4, 0.5) is 0 Å². The van der Waals surface area contributed by atoms with E-state index in [1.807, 2.05) is 0 Å². The Bertz CT molecular complexity index is 243. The third-order valence-corrected chi connectivity index (χ3v) is 1.92. The van der Waals surface area contributed by atoms with Crippen molar-refractivity contribution < 1.29 is 17.2 Å². The number of rotatable bonds is 6. The molecule has 0 fully saturated rings. The van der Waals surface area contributed by atoms with Crippen LogP contribution < -0.4 is 5.32 Å². The first-order valence-corrected chi connectivity index (χ1v) is 5.94. The van der Waals surface area contributed by atoms with Gasteiger partial charge in [-0.25, -0.2) is 4.18 Å². The van der Waals surface area contributed by atoms with Crippen LogP contribution in [-0.2, 0) is 14.6 Å². The molecule has 0 aliphatic carbocycles. The van der Waals surface area contributed by atoms with Gasteiger partial charge in [0, 0.05) is 5.54 Å². The summed E-state index contributed by atoms with van der Waals surface area (Å²) in [4.78, 5) is 0. The SMILES string of the molecule is CC(C)(C)NCCCCOS(=O)(=O)O. The normalized spacial score (nSPS) is 13.1. The molecule has 0 bridgehead atoms. The topological polar surface area (TPSA) is 75.6 Å². The van der Waals surface area contributed by atoms with Crippen LogP contribution >= 0.6 is 0 Å². The summed E-state index contributed by atoms with van der Waals surface area (Å²) >= 11 is 0. The molecule has 0 rings (SSSR count). The molecule has 5 nitrogen and oxygen atoms in total. The highest BCUT2D eigenvalue weighted by molar-refractivity contribution is 7.80. The second-order valence-electron chi connectivity index (χ2n) is 4.13. The van der Waals surface area contributed by atoms with Crippen LogP contribution in [0.3, 0.4) is 0 Å². The molecule has 0 aromatic heterocycles. The van der Waals surface area contributed by atoms with Gasteiger partial charge < -0.3 is 5.32 Å². The van der Waals surface area contributed by atoms with Crippen LogP contribution in [-0.4, -0.2) is 31.7 Å². The van der Waals surface area contributed by atoms with E-state index in [-0.39, 0.29) is 12.1 Å². The molecule has 0 aliphatic heterocycles. The average Bonchev–Trinajstić information content (AvgIpc) is 1.92. The Morgan fingerprint density at radius 2 is 1.86 bits per heavy atom. The zero-order valence-electron chi connectivity index (χ0n) is 8.91. The second kappa shape index (κ2) is 5.65. The highest BCUT2D eigenvalue weighted by Gasteiger charge is 2.07. The van der Waals surface area contributed by atoms with Crippen molar-refractivity contribution in [3.05, 3.63) is 0 Å². The molecule has 14 heavy (non-hydrogen) atoms. The molecule has 0 aromatic carbocycles. The summed E-state index contributed by atoms with van der Waals surface area (Å²) in [5, 5.41) is 3.25. The molecule has 0 amide bonds. The molecule has 0 saturated heterocycles. The molecule has 86 valence electrons. The largest absolute Gasteiger partial charge is 0.397 e. The standard InChI is InChI=1S/C8H19NO4S/c1-8(2,3)9-6-4-5-7-13-14(10,11)12/h9H,4-7H2,1-3H3,(H,10,11,12). The number of hydrogen-bond donors (Lipinski definition) is 2. The van der Waals surface area contributed by atoms with Crippen LogP contribution in [0, 0.1) is 0 Å². The summed E-state index contributed by atoms with van der Waals surface area (Å²) in [5.74, 6) is 0. The van der Waals surface area contributed by atoms with E-state index >= 15 is 0 Å². The fourth-order valence-corrected chi connectivity index (χ4v) is 1.18. The van der Waals surface area contributed by atoms with E-state index in [0.717, 1.165) is 13.0 Å². The lowest BCUT2D eigenvalue weighted by Crippen LogP contribution is -2.36. The Morgan fingerprint density at radius 1 is 1.29 bits per heavy atom. The molecular weight excluding hydrogens is 206 g/mol. The second-order valence-corrected chi connectivity index (χ2v) is 5.22. The van der Waals surface area contributed by atoms with Crippen molar-refractivity contribution in [3.63, 3.8) is 0 Å². The van der Waals surface area contributed by atoms with Gasteiger partial charge in [-0.2, -0.15) is 8.42 Å². The molecular formula is C8H19NO4S. The zero-order chi connectivity index (χ0) is 11.2. The molecule has 0 saturated carbocycles. The van der Waals surface area contributed by atoms with Crippen molar-refractivity contribution in [1.29, 1.82) is 0 Å². The molecule has 0 heterocycles. The molecule has 0 spiro atoms. The molecule has 6 heteroatoms. The molecule has 0 aliphatic rings. The molecule has 2 N–H and O–H groups in total. The van der Waals surface area contributed by atoms with Crippen molar-refractivity contribution in [2.45, 2.75) is 39.2 Å². The minimum Gasteiger partial charge on any atom is -0.312 e. The predicted octanol–water partition coefficient (Wildman–Crippen LogP) is 0.974. The van der Waals surface area contributed by atoms with Crippen LogP contribution in [0.25, 0.3) is 0 Å². The average molecular weight is 225 g/mol. The maximum Gasteiger partial charge on any atom is 0.397 e. The van der Waals surface area contributed by atoms with Gasteiger partial charge in [0.25, 0.3) is 0 Å². The molecule has 0 atom stereocenters. The van der Waals surface area contributed by atoms with Gasteiger partial charge in [0.1, 0.15) is 0 Å². The summed E-state index contributed by atoms with van der Waals surface area (Å²) in [6, 6.07) is 0. The summed E-state index contributed by atoms with van der Waals surface area (Å²) < 4.78 is 32.7. The summed E-state index contributed by atoms with van der Waals surface area (Å²) in [7, 11) is -4.26. The lowest BCUT2D eigenvalue weighted by molar-refractivity contribution is 0.260. The fourth-order valence-electron chi connectivity index (χ4n) is 0.855. The van der Waals surface area contributed by atoms with Gasteiger partial charge in [-0.3, -0.25) is 4.55 Å². The Balaban J connectivity index is 3.32. The lowest BCUT2D eigenvalue weighted by atomic mass is 10.1. The van der Waals surface area contributed by atoms with E-state index in [4.69, 9.17) is 4.55 Å². The molecule has 0 aromatic rings. The van der Waals surface area contributed by atoms with Gasteiger partial charge in [0.05, 0.1) is 6.61 Å². The predicted molar refractivity (Wildman–Crippen MR) is 54.5 cm³/mol. The Kier molecular flexibility index (Phi) is 5.58. The number of nitrogens with one attached hydrogen (secondary N) is 1. The van der Waals surface area contributed by atoms with Crippen molar-refractivity contribution in [1.82, 2.24) is 5.32 Å². The van der Waals surface area contributed by atoms with Gasteiger partial charge in [-0.15, -0.1) is 0 Å². The monoisotopic (exact) mass is 225 g/mol. The minimum atomic E-state index is -4.26. The Morgan fingerprint density at radius 3 is 2.29 bits per heavy atom. The van der Waals surface area contributed by atoms with Crippen LogP contribution in [0.15, 0.2) is 0 Å². The smallest absolute Gasteiger partial charge is 0.312 e. The maximum atomic E-state index is 10.1. The van der Waals surface area contributed by atoms with E-state index in [1.165, 1.54) is 0 Å². The highest BCUT2D eigenvalue weighted by Crippen LogP contribution is 1.99. The van der Waals surface area contributed by atoms with Gasteiger partial charge in [0.2, 0.25) is 0 Å². The van der Waals surface area contributed by atoms with Crippen molar-refractivity contribution in [3.8, 4) is 0 Å². The number of unbranched alkanes of at least 4 members (excludes halogenated alkanes) is 1. The van der Waals surface area contributed by atoms with Gasteiger partial charge >= 0.3 is 10.4 Å². The maximum absolute atomic E-state index is 10.1. The minimum absolute atomic E-state index is 0.0324. The Labute approximate surface area is 85.8 Å². The highest BCUT2D eigenvalue weighted by atomic mass is 32.3. The lowest BCUT2D eigenvalue weighted by Gasteiger charge is -2.20. The van der Waals surface area contributed by atoms with Crippen molar-refractivity contribution in [2.75, 3.05) is 13.2 Å². The van der Waals surface area contributed by atoms with E-state index in [2.05, 4.69) is 30.3 Å². The quantitative estimate of drug-likeness (QED) is 0.520. The summed E-state index contributed by atoms with van der Waals surface area (Å²) in [6.45, 7) is 7.01. The molecule has 0 radical (unpaired) electrons. The first kappa shape index (κ1) is 13.8.